The van der Waals surface area contributed by atoms with Crippen LogP contribution in [0, 0.1) is 6.92 Å². The number of rotatable bonds is 2. The minimum absolute atomic E-state index is 0.207. The second kappa shape index (κ2) is 5.60. The summed E-state index contributed by atoms with van der Waals surface area (Å²) in [6.07, 6.45) is 0. The van der Waals surface area contributed by atoms with E-state index in [4.69, 9.17) is 4.74 Å². The lowest BCUT2D eigenvalue weighted by molar-refractivity contribution is 0.0733. The number of hydrogen-bond donors (Lipinski definition) is 1. The third kappa shape index (κ3) is 3.43. The van der Waals surface area contributed by atoms with Gasteiger partial charge in [0.25, 0.3) is 0 Å². The Hall–Kier alpha value is -2.29. The number of aryl methyl sites for hydroxylation is 1. The standard InChI is InChI=1S/C18H20O3/c1-12-7-5-6-8-14(12)17(20)21-13-9-10-16(19)15(11-13)18(2,3)4/h5-11,19H,1-4H3. The summed E-state index contributed by atoms with van der Waals surface area (Å²) in [5, 5.41) is 9.93. The Kier molecular flexibility index (Phi) is 4.03. The number of benzene rings is 2. The Morgan fingerprint density at radius 2 is 1.76 bits per heavy atom. The number of esters is 1. The van der Waals surface area contributed by atoms with E-state index in [0.29, 0.717) is 11.3 Å². The van der Waals surface area contributed by atoms with Gasteiger partial charge in [0, 0.05) is 5.56 Å². The van der Waals surface area contributed by atoms with Gasteiger partial charge in [0.1, 0.15) is 11.5 Å². The van der Waals surface area contributed by atoms with Gasteiger partial charge in [0.05, 0.1) is 5.56 Å². The molecule has 110 valence electrons. The molecule has 0 fully saturated rings. The van der Waals surface area contributed by atoms with Crippen molar-refractivity contribution in [2.75, 3.05) is 0 Å². The monoisotopic (exact) mass is 284 g/mol. The van der Waals surface area contributed by atoms with Crippen molar-refractivity contribution in [1.29, 1.82) is 0 Å². The second-order valence-electron chi connectivity index (χ2n) is 6.13. The molecule has 0 aliphatic rings. The summed E-state index contributed by atoms with van der Waals surface area (Å²) < 4.78 is 5.42. The summed E-state index contributed by atoms with van der Waals surface area (Å²) in [5.41, 5.74) is 1.94. The number of carbonyl (C=O) groups is 1. The highest BCUT2D eigenvalue weighted by Crippen LogP contribution is 2.33. The summed E-state index contributed by atoms with van der Waals surface area (Å²) in [6.45, 7) is 7.85. The van der Waals surface area contributed by atoms with Gasteiger partial charge in [-0.3, -0.25) is 0 Å². The van der Waals surface area contributed by atoms with Crippen molar-refractivity contribution in [2.24, 2.45) is 0 Å². The van der Waals surface area contributed by atoms with Crippen LogP contribution in [0.1, 0.15) is 42.3 Å². The van der Waals surface area contributed by atoms with E-state index in [1.165, 1.54) is 0 Å². The maximum Gasteiger partial charge on any atom is 0.343 e. The van der Waals surface area contributed by atoms with E-state index in [1.807, 2.05) is 39.8 Å². The molecule has 0 saturated carbocycles. The van der Waals surface area contributed by atoms with E-state index in [0.717, 1.165) is 11.1 Å². The smallest absolute Gasteiger partial charge is 0.343 e. The molecular formula is C18H20O3. The van der Waals surface area contributed by atoms with Gasteiger partial charge in [-0.1, -0.05) is 39.0 Å². The SMILES string of the molecule is Cc1ccccc1C(=O)Oc1ccc(O)c(C(C)(C)C)c1. The number of ether oxygens (including phenoxy) is 1. The third-order valence-electron chi connectivity index (χ3n) is 3.35. The van der Waals surface area contributed by atoms with E-state index >= 15 is 0 Å². The van der Waals surface area contributed by atoms with Crippen LogP contribution < -0.4 is 4.74 Å². The van der Waals surface area contributed by atoms with E-state index in [1.54, 1.807) is 30.3 Å². The van der Waals surface area contributed by atoms with Gasteiger partial charge in [-0.2, -0.15) is 0 Å². The van der Waals surface area contributed by atoms with Crippen molar-refractivity contribution in [2.45, 2.75) is 33.1 Å². The third-order valence-corrected chi connectivity index (χ3v) is 3.35. The van der Waals surface area contributed by atoms with Crippen molar-refractivity contribution in [3.8, 4) is 11.5 Å². The van der Waals surface area contributed by atoms with Crippen LogP contribution in [0.25, 0.3) is 0 Å². The summed E-state index contributed by atoms with van der Waals surface area (Å²) in [6, 6.07) is 12.2. The molecule has 0 unspecified atom stereocenters. The zero-order chi connectivity index (χ0) is 15.6. The topological polar surface area (TPSA) is 46.5 Å². The van der Waals surface area contributed by atoms with Crippen molar-refractivity contribution < 1.29 is 14.6 Å². The number of aromatic hydroxyl groups is 1. The van der Waals surface area contributed by atoms with Gasteiger partial charge in [-0.25, -0.2) is 4.79 Å². The van der Waals surface area contributed by atoms with Crippen LogP contribution >= 0.6 is 0 Å². The van der Waals surface area contributed by atoms with Crippen LogP contribution in [0.15, 0.2) is 42.5 Å². The zero-order valence-electron chi connectivity index (χ0n) is 12.8. The largest absolute Gasteiger partial charge is 0.508 e. The second-order valence-corrected chi connectivity index (χ2v) is 6.13. The minimum Gasteiger partial charge on any atom is -0.508 e. The van der Waals surface area contributed by atoms with E-state index in [9.17, 15) is 9.90 Å². The Morgan fingerprint density at radius 1 is 1.10 bits per heavy atom. The van der Waals surface area contributed by atoms with Gasteiger partial charge in [-0.05, 0) is 42.2 Å². The molecule has 1 N–H and O–H groups in total. The summed E-state index contributed by atoms with van der Waals surface area (Å²) >= 11 is 0. The molecule has 0 spiro atoms. The van der Waals surface area contributed by atoms with Crippen LogP contribution in [-0.2, 0) is 5.41 Å². The van der Waals surface area contributed by atoms with Gasteiger partial charge in [0.15, 0.2) is 0 Å². The van der Waals surface area contributed by atoms with Gasteiger partial charge in [0.2, 0.25) is 0 Å². The quantitative estimate of drug-likeness (QED) is 0.663. The molecule has 2 aromatic carbocycles. The van der Waals surface area contributed by atoms with Crippen LogP contribution in [0.4, 0.5) is 0 Å². The molecule has 0 heterocycles. The van der Waals surface area contributed by atoms with Crippen molar-refractivity contribution >= 4 is 5.97 Å². The fraction of sp³-hybridized carbons (Fsp3) is 0.278. The summed E-state index contributed by atoms with van der Waals surface area (Å²) in [7, 11) is 0. The van der Waals surface area contributed by atoms with Crippen molar-refractivity contribution in [3.05, 3.63) is 59.2 Å². The molecule has 2 aromatic rings. The predicted octanol–water partition coefficient (Wildman–Crippen LogP) is 4.22. The Bertz CT molecular complexity index is 666. The molecule has 0 radical (unpaired) electrons. The predicted molar refractivity (Wildman–Crippen MR) is 82.9 cm³/mol. The minimum atomic E-state index is -0.390. The molecule has 0 atom stereocenters. The number of phenolic OH excluding ortho intramolecular Hbond substituents is 1. The highest BCUT2D eigenvalue weighted by atomic mass is 16.5. The zero-order valence-corrected chi connectivity index (χ0v) is 12.8. The average Bonchev–Trinajstić information content (AvgIpc) is 2.40. The van der Waals surface area contributed by atoms with Crippen molar-refractivity contribution in [3.63, 3.8) is 0 Å². The molecule has 0 aliphatic heterocycles. The Labute approximate surface area is 125 Å². The first kappa shape index (κ1) is 15.1. The van der Waals surface area contributed by atoms with E-state index < -0.39 is 5.97 Å². The highest BCUT2D eigenvalue weighted by molar-refractivity contribution is 5.92. The summed E-state index contributed by atoms with van der Waals surface area (Å²) in [4.78, 5) is 12.2. The maximum absolute atomic E-state index is 12.2. The number of phenols is 1. The van der Waals surface area contributed by atoms with Crippen LogP contribution in [0.5, 0.6) is 11.5 Å². The molecule has 3 nitrogen and oxygen atoms in total. The molecule has 3 heteroatoms. The fourth-order valence-corrected chi connectivity index (χ4v) is 2.14. The van der Waals surface area contributed by atoms with Gasteiger partial charge in [-0.15, -0.1) is 0 Å². The highest BCUT2D eigenvalue weighted by Gasteiger charge is 2.20. The first-order chi connectivity index (χ1) is 9.79. The molecule has 0 saturated heterocycles. The fourth-order valence-electron chi connectivity index (χ4n) is 2.14. The van der Waals surface area contributed by atoms with Crippen molar-refractivity contribution in [1.82, 2.24) is 0 Å². The van der Waals surface area contributed by atoms with Crippen LogP contribution in [-0.4, -0.2) is 11.1 Å². The number of hydrogen-bond acceptors (Lipinski definition) is 3. The number of carbonyl (C=O) groups excluding carboxylic acids is 1. The van der Waals surface area contributed by atoms with Gasteiger partial charge >= 0.3 is 5.97 Å². The first-order valence-electron chi connectivity index (χ1n) is 6.90. The lowest BCUT2D eigenvalue weighted by atomic mass is 9.86. The van der Waals surface area contributed by atoms with Gasteiger partial charge < -0.3 is 9.84 Å². The lowest BCUT2D eigenvalue weighted by Gasteiger charge is -2.21. The van der Waals surface area contributed by atoms with E-state index in [-0.39, 0.29) is 11.2 Å². The van der Waals surface area contributed by atoms with Crippen LogP contribution in [0.3, 0.4) is 0 Å². The molecule has 0 amide bonds. The molecule has 0 aromatic heterocycles. The van der Waals surface area contributed by atoms with E-state index in [2.05, 4.69) is 0 Å². The molecule has 0 bridgehead atoms. The Balaban J connectivity index is 2.29. The average molecular weight is 284 g/mol. The normalized spacial score (nSPS) is 11.2. The molecule has 0 aliphatic carbocycles. The maximum atomic E-state index is 12.2. The Morgan fingerprint density at radius 3 is 2.38 bits per heavy atom. The van der Waals surface area contributed by atoms with Crippen LogP contribution in [0.2, 0.25) is 0 Å². The lowest BCUT2D eigenvalue weighted by Crippen LogP contribution is -2.13. The first-order valence-corrected chi connectivity index (χ1v) is 6.90. The molecule has 21 heavy (non-hydrogen) atoms. The molecule has 2 rings (SSSR count). The molecular weight excluding hydrogens is 264 g/mol. The summed E-state index contributed by atoms with van der Waals surface area (Å²) in [5.74, 6) is 0.253.